The number of alkyl halides is 1. The van der Waals surface area contributed by atoms with Crippen LogP contribution in [0, 0.1) is 0 Å². The normalized spacial score (nSPS) is 12.5. The molecule has 0 aromatic carbocycles. The Labute approximate surface area is 88.1 Å². The average Bonchev–Trinajstić information content (AvgIpc) is 1.98. The van der Waals surface area contributed by atoms with Gasteiger partial charge in [0.25, 0.3) is 0 Å². The number of hydrogen-bond donors (Lipinski definition) is 0. The minimum Gasteiger partial charge on any atom is -0.331 e. The second kappa shape index (κ2) is 6.63. The summed E-state index contributed by atoms with van der Waals surface area (Å²) in [5.41, 5.74) is 0. The predicted molar refractivity (Wildman–Crippen MR) is 60.4 cm³/mol. The standard InChI is InChI=1S/C10H24ClN2/c1-12(8-5-7-11)9-6-10-13(2,3)4/h5-10H2,1-4H3/q+1. The Morgan fingerprint density at radius 3 is 2.08 bits per heavy atom. The molecule has 0 aromatic rings. The lowest BCUT2D eigenvalue weighted by Crippen LogP contribution is -2.37. The van der Waals surface area contributed by atoms with E-state index < -0.39 is 0 Å². The van der Waals surface area contributed by atoms with E-state index in [1.807, 2.05) is 0 Å². The van der Waals surface area contributed by atoms with E-state index in [9.17, 15) is 0 Å². The van der Waals surface area contributed by atoms with E-state index in [2.05, 4.69) is 33.1 Å². The Morgan fingerprint density at radius 1 is 1.08 bits per heavy atom. The molecule has 0 saturated heterocycles. The van der Waals surface area contributed by atoms with Crippen LogP contribution in [0.3, 0.4) is 0 Å². The lowest BCUT2D eigenvalue weighted by atomic mass is 10.3. The summed E-state index contributed by atoms with van der Waals surface area (Å²) in [6, 6.07) is 0. The van der Waals surface area contributed by atoms with Gasteiger partial charge in [0.15, 0.2) is 0 Å². The summed E-state index contributed by atoms with van der Waals surface area (Å²) in [6.07, 6.45) is 2.37. The van der Waals surface area contributed by atoms with Gasteiger partial charge in [-0.2, -0.15) is 0 Å². The highest BCUT2D eigenvalue weighted by molar-refractivity contribution is 6.17. The molecule has 13 heavy (non-hydrogen) atoms. The summed E-state index contributed by atoms with van der Waals surface area (Å²) in [5.74, 6) is 0.777. The Balaban J connectivity index is 3.31. The van der Waals surface area contributed by atoms with Crippen molar-refractivity contribution in [2.45, 2.75) is 12.8 Å². The smallest absolute Gasteiger partial charge is 0.0792 e. The van der Waals surface area contributed by atoms with Gasteiger partial charge < -0.3 is 9.38 Å². The van der Waals surface area contributed by atoms with Crippen molar-refractivity contribution in [2.75, 3.05) is 53.7 Å². The molecule has 0 heterocycles. The van der Waals surface area contributed by atoms with Gasteiger partial charge in [-0.3, -0.25) is 0 Å². The highest BCUT2D eigenvalue weighted by Crippen LogP contribution is 1.96. The van der Waals surface area contributed by atoms with Gasteiger partial charge in [0, 0.05) is 18.8 Å². The van der Waals surface area contributed by atoms with Crippen LogP contribution in [0.2, 0.25) is 0 Å². The molecule has 0 N–H and O–H groups in total. The lowest BCUT2D eigenvalue weighted by molar-refractivity contribution is -0.870. The molecule has 0 fully saturated rings. The maximum absolute atomic E-state index is 5.62. The molecule has 0 radical (unpaired) electrons. The molecule has 0 bridgehead atoms. The number of hydrogen-bond acceptors (Lipinski definition) is 1. The van der Waals surface area contributed by atoms with Crippen molar-refractivity contribution in [3.8, 4) is 0 Å². The average molecular weight is 208 g/mol. The first-order valence-corrected chi connectivity index (χ1v) is 5.54. The maximum atomic E-state index is 5.62. The van der Waals surface area contributed by atoms with Crippen LogP contribution < -0.4 is 0 Å². The van der Waals surface area contributed by atoms with E-state index in [4.69, 9.17) is 11.6 Å². The van der Waals surface area contributed by atoms with Gasteiger partial charge in [-0.15, -0.1) is 11.6 Å². The monoisotopic (exact) mass is 207 g/mol. The van der Waals surface area contributed by atoms with Crippen molar-refractivity contribution < 1.29 is 4.48 Å². The molecule has 0 aliphatic carbocycles. The van der Waals surface area contributed by atoms with Gasteiger partial charge in [-0.1, -0.05) is 0 Å². The highest BCUT2D eigenvalue weighted by Gasteiger charge is 2.06. The van der Waals surface area contributed by atoms with E-state index in [1.54, 1.807) is 0 Å². The minimum atomic E-state index is 0.777. The minimum absolute atomic E-state index is 0.777. The van der Waals surface area contributed by atoms with Gasteiger partial charge in [0.2, 0.25) is 0 Å². The third-order valence-electron chi connectivity index (χ3n) is 2.04. The summed E-state index contributed by atoms with van der Waals surface area (Å²) < 4.78 is 1.06. The zero-order chi connectivity index (χ0) is 10.3. The first kappa shape index (κ1) is 13.2. The highest BCUT2D eigenvalue weighted by atomic mass is 35.5. The van der Waals surface area contributed by atoms with Crippen molar-refractivity contribution in [3.63, 3.8) is 0 Å². The maximum Gasteiger partial charge on any atom is 0.0792 e. The van der Waals surface area contributed by atoms with Crippen molar-refractivity contribution in [1.82, 2.24) is 4.90 Å². The van der Waals surface area contributed by atoms with E-state index in [0.29, 0.717) is 0 Å². The second-order valence-electron chi connectivity index (χ2n) is 4.71. The fourth-order valence-electron chi connectivity index (χ4n) is 1.26. The number of quaternary nitrogens is 1. The summed E-state index contributed by atoms with van der Waals surface area (Å²) in [5, 5.41) is 0. The third kappa shape index (κ3) is 10.1. The molecule has 2 nitrogen and oxygen atoms in total. The number of nitrogens with zero attached hydrogens (tertiary/aromatic N) is 2. The summed E-state index contributed by atoms with van der Waals surface area (Å²) in [7, 11) is 8.87. The molecule has 3 heteroatoms. The molecule has 0 atom stereocenters. The second-order valence-corrected chi connectivity index (χ2v) is 5.09. The Morgan fingerprint density at radius 2 is 1.62 bits per heavy atom. The lowest BCUT2D eigenvalue weighted by Gasteiger charge is -2.25. The molecular weight excluding hydrogens is 184 g/mol. The van der Waals surface area contributed by atoms with Crippen molar-refractivity contribution in [1.29, 1.82) is 0 Å². The predicted octanol–water partition coefficient (Wildman–Crippen LogP) is 1.64. The van der Waals surface area contributed by atoms with Crippen LogP contribution in [0.4, 0.5) is 0 Å². The quantitative estimate of drug-likeness (QED) is 0.453. The van der Waals surface area contributed by atoms with Crippen molar-refractivity contribution in [3.05, 3.63) is 0 Å². The van der Waals surface area contributed by atoms with E-state index in [0.717, 1.165) is 23.3 Å². The topological polar surface area (TPSA) is 3.24 Å². The van der Waals surface area contributed by atoms with Crippen molar-refractivity contribution >= 4 is 11.6 Å². The van der Waals surface area contributed by atoms with Crippen LogP contribution in [0.15, 0.2) is 0 Å². The van der Waals surface area contributed by atoms with E-state index in [-0.39, 0.29) is 0 Å². The molecule has 0 rings (SSSR count). The molecule has 0 aliphatic heterocycles. The molecule has 0 spiro atoms. The molecule has 0 aliphatic rings. The zero-order valence-corrected chi connectivity index (χ0v) is 10.3. The molecule has 0 unspecified atom stereocenters. The van der Waals surface area contributed by atoms with Crippen LogP contribution in [0.25, 0.3) is 0 Å². The zero-order valence-electron chi connectivity index (χ0n) is 9.52. The summed E-state index contributed by atoms with van der Waals surface area (Å²) >= 11 is 5.62. The van der Waals surface area contributed by atoms with Gasteiger partial charge in [0.05, 0.1) is 27.7 Å². The fourth-order valence-corrected chi connectivity index (χ4v) is 1.38. The van der Waals surface area contributed by atoms with Crippen LogP contribution in [0.1, 0.15) is 12.8 Å². The van der Waals surface area contributed by atoms with Crippen molar-refractivity contribution in [2.24, 2.45) is 0 Å². The van der Waals surface area contributed by atoms with E-state index in [1.165, 1.54) is 19.5 Å². The molecule has 0 saturated carbocycles. The Kier molecular flexibility index (Phi) is 6.74. The largest absolute Gasteiger partial charge is 0.331 e. The van der Waals surface area contributed by atoms with Crippen LogP contribution in [-0.4, -0.2) is 63.1 Å². The van der Waals surface area contributed by atoms with Gasteiger partial charge in [-0.05, 0) is 20.0 Å². The van der Waals surface area contributed by atoms with Crippen LogP contribution >= 0.6 is 11.6 Å². The summed E-state index contributed by atoms with van der Waals surface area (Å²) in [4.78, 5) is 2.36. The van der Waals surface area contributed by atoms with Crippen LogP contribution in [-0.2, 0) is 0 Å². The van der Waals surface area contributed by atoms with Crippen LogP contribution in [0.5, 0.6) is 0 Å². The molecular formula is C10H24ClN2+. The fraction of sp³-hybridized carbons (Fsp3) is 1.00. The number of halogens is 1. The molecule has 0 amide bonds. The van der Waals surface area contributed by atoms with Gasteiger partial charge in [0.1, 0.15) is 0 Å². The molecule has 80 valence electrons. The third-order valence-corrected chi connectivity index (χ3v) is 2.31. The molecule has 0 aromatic heterocycles. The number of rotatable bonds is 7. The van der Waals surface area contributed by atoms with E-state index >= 15 is 0 Å². The van der Waals surface area contributed by atoms with Gasteiger partial charge >= 0.3 is 0 Å². The Bertz CT molecular complexity index is 121. The Hall–Kier alpha value is 0.210. The summed E-state index contributed by atoms with van der Waals surface area (Å²) in [6.45, 7) is 3.55. The SMILES string of the molecule is CN(CCCCl)CCC[N+](C)(C)C. The van der Waals surface area contributed by atoms with Gasteiger partial charge in [-0.25, -0.2) is 0 Å². The first-order valence-electron chi connectivity index (χ1n) is 5.00. The first-order chi connectivity index (χ1) is 5.95.